The number of aryl methyl sites for hydroxylation is 1. The van der Waals surface area contributed by atoms with E-state index in [1.54, 1.807) is 19.2 Å². The molecule has 3 aliphatic rings. The number of hydrogen-bond donors (Lipinski definition) is 0. The predicted octanol–water partition coefficient (Wildman–Crippen LogP) is 1.72. The van der Waals surface area contributed by atoms with Crippen molar-refractivity contribution in [1.29, 1.82) is 0 Å². The molecule has 3 aliphatic heterocycles. The summed E-state index contributed by atoms with van der Waals surface area (Å²) in [6.45, 7) is 2.76. The molecule has 0 amide bonds. The summed E-state index contributed by atoms with van der Waals surface area (Å²) in [6, 6.07) is 3.84. The van der Waals surface area contributed by atoms with Crippen LogP contribution in [-0.2, 0) is 10.0 Å². The summed E-state index contributed by atoms with van der Waals surface area (Å²) < 4.78 is 53.9. The molecule has 0 N–H and O–H groups in total. The van der Waals surface area contributed by atoms with Gasteiger partial charge in [-0.25, -0.2) is 27.2 Å². The van der Waals surface area contributed by atoms with Crippen molar-refractivity contribution in [3.05, 3.63) is 47.9 Å². The third kappa shape index (κ3) is 2.67. The summed E-state index contributed by atoms with van der Waals surface area (Å²) in [6.07, 6.45) is 2.39. The molecule has 2 atom stereocenters. The summed E-state index contributed by atoms with van der Waals surface area (Å²) in [5, 5.41) is 0. The number of piperidine rings is 1. The first-order chi connectivity index (χ1) is 11.9. The van der Waals surface area contributed by atoms with Crippen molar-refractivity contribution in [3.63, 3.8) is 0 Å². The average Bonchev–Trinajstić information content (AvgIpc) is 2.54. The monoisotopic (exact) mass is 366 g/mol. The van der Waals surface area contributed by atoms with E-state index in [1.807, 2.05) is 4.90 Å². The van der Waals surface area contributed by atoms with Gasteiger partial charge in [0.15, 0.2) is 0 Å². The fourth-order valence-electron chi connectivity index (χ4n) is 3.57. The lowest BCUT2D eigenvalue weighted by Crippen LogP contribution is -2.70. The minimum Gasteiger partial charge on any atom is -0.353 e. The molecular formula is C16H16F2N4O2S. The van der Waals surface area contributed by atoms with Crippen LogP contribution in [0.25, 0.3) is 0 Å². The fraction of sp³-hybridized carbons (Fsp3) is 0.375. The van der Waals surface area contributed by atoms with Gasteiger partial charge >= 0.3 is 0 Å². The van der Waals surface area contributed by atoms with Crippen molar-refractivity contribution in [2.24, 2.45) is 0 Å². The zero-order chi connectivity index (χ0) is 17.8. The predicted molar refractivity (Wildman–Crippen MR) is 86.6 cm³/mol. The van der Waals surface area contributed by atoms with Gasteiger partial charge in [0.1, 0.15) is 28.2 Å². The van der Waals surface area contributed by atoms with Gasteiger partial charge in [-0.1, -0.05) is 0 Å². The summed E-state index contributed by atoms with van der Waals surface area (Å²) in [4.78, 5) is 9.96. The fourth-order valence-corrected chi connectivity index (χ4v) is 5.44. The van der Waals surface area contributed by atoms with E-state index < -0.39 is 26.6 Å². The standard InChI is InChI=1S/C16H16F2N4O2S/c1-10-19-5-4-16(20-10)21-8-12-7-13(9-21)22(12)25(23,24)15-3-2-11(17)6-14(15)18/h2-6,12-13H,7-9H2,1H3. The highest BCUT2D eigenvalue weighted by atomic mass is 32.2. The van der Waals surface area contributed by atoms with Gasteiger partial charge in [0, 0.05) is 37.4 Å². The number of anilines is 1. The lowest BCUT2D eigenvalue weighted by Gasteiger charge is -2.55. The molecule has 132 valence electrons. The van der Waals surface area contributed by atoms with E-state index in [2.05, 4.69) is 9.97 Å². The minimum atomic E-state index is -3.99. The van der Waals surface area contributed by atoms with Crippen molar-refractivity contribution in [1.82, 2.24) is 14.3 Å². The third-order valence-electron chi connectivity index (χ3n) is 4.66. The van der Waals surface area contributed by atoms with Gasteiger partial charge in [-0.15, -0.1) is 0 Å². The van der Waals surface area contributed by atoms with Crippen molar-refractivity contribution in [3.8, 4) is 0 Å². The van der Waals surface area contributed by atoms with Crippen LogP contribution in [0, 0.1) is 18.6 Å². The molecule has 1 aromatic carbocycles. The molecule has 3 saturated heterocycles. The Balaban J connectivity index is 1.59. The molecule has 2 bridgehead atoms. The van der Waals surface area contributed by atoms with Gasteiger partial charge in [0.25, 0.3) is 0 Å². The van der Waals surface area contributed by atoms with Crippen molar-refractivity contribution in [2.75, 3.05) is 18.0 Å². The van der Waals surface area contributed by atoms with Crippen LogP contribution in [0.4, 0.5) is 14.6 Å². The molecule has 2 aromatic rings. The van der Waals surface area contributed by atoms with Crippen molar-refractivity contribution in [2.45, 2.75) is 30.3 Å². The normalized spacial score (nSPS) is 23.4. The Labute approximate surface area is 144 Å². The van der Waals surface area contributed by atoms with Gasteiger partial charge in [0.05, 0.1) is 0 Å². The maximum absolute atomic E-state index is 14.0. The Morgan fingerprint density at radius 3 is 2.52 bits per heavy atom. The Kier molecular flexibility index (Phi) is 3.73. The Hall–Kier alpha value is -2.13. The lowest BCUT2D eigenvalue weighted by atomic mass is 9.91. The summed E-state index contributed by atoms with van der Waals surface area (Å²) in [7, 11) is -3.99. The number of piperazine rings is 1. The first-order valence-electron chi connectivity index (χ1n) is 7.89. The van der Waals surface area contributed by atoms with Crippen LogP contribution in [0.3, 0.4) is 0 Å². The second kappa shape index (κ2) is 5.70. The number of rotatable bonds is 3. The topological polar surface area (TPSA) is 66.4 Å². The second-order valence-corrected chi connectivity index (χ2v) is 8.13. The zero-order valence-corrected chi connectivity index (χ0v) is 14.2. The SMILES string of the molecule is Cc1nccc(N2CC3CC(C2)N3S(=O)(=O)c2ccc(F)cc2F)n1. The number of halogens is 2. The molecule has 2 unspecified atom stereocenters. The van der Waals surface area contributed by atoms with E-state index in [1.165, 1.54) is 4.31 Å². The highest BCUT2D eigenvalue weighted by molar-refractivity contribution is 7.89. The summed E-state index contributed by atoms with van der Waals surface area (Å²) in [5.41, 5.74) is 0. The molecule has 1 aromatic heterocycles. The molecule has 9 heteroatoms. The van der Waals surface area contributed by atoms with Crippen molar-refractivity contribution < 1.29 is 17.2 Å². The van der Waals surface area contributed by atoms with Crippen LogP contribution >= 0.6 is 0 Å². The number of nitrogens with zero attached hydrogens (tertiary/aromatic N) is 4. The highest BCUT2D eigenvalue weighted by Gasteiger charge is 2.52. The quantitative estimate of drug-likeness (QED) is 0.828. The van der Waals surface area contributed by atoms with Crippen LogP contribution < -0.4 is 4.90 Å². The molecule has 0 saturated carbocycles. The Morgan fingerprint density at radius 1 is 1.16 bits per heavy atom. The number of hydrogen-bond acceptors (Lipinski definition) is 5. The number of aromatic nitrogens is 2. The molecule has 3 fully saturated rings. The molecule has 5 rings (SSSR count). The number of fused-ring (bicyclic) bond motifs is 2. The van der Waals surface area contributed by atoms with Crippen molar-refractivity contribution >= 4 is 15.8 Å². The lowest BCUT2D eigenvalue weighted by molar-refractivity contribution is 0.0871. The minimum absolute atomic E-state index is 0.247. The van der Waals surface area contributed by atoms with Gasteiger partial charge in [-0.2, -0.15) is 4.31 Å². The Bertz CT molecular complexity index is 925. The Morgan fingerprint density at radius 2 is 1.88 bits per heavy atom. The van der Waals surface area contributed by atoms with E-state index in [4.69, 9.17) is 0 Å². The highest BCUT2D eigenvalue weighted by Crippen LogP contribution is 2.39. The molecule has 0 aliphatic carbocycles. The maximum atomic E-state index is 14.0. The number of benzene rings is 1. The molecule has 6 nitrogen and oxygen atoms in total. The summed E-state index contributed by atoms with van der Waals surface area (Å²) >= 11 is 0. The summed E-state index contributed by atoms with van der Waals surface area (Å²) in [5.74, 6) is -0.458. The first-order valence-corrected chi connectivity index (χ1v) is 9.33. The largest absolute Gasteiger partial charge is 0.353 e. The van der Waals surface area contributed by atoms with Gasteiger partial charge in [0.2, 0.25) is 10.0 Å². The van der Waals surface area contributed by atoms with Gasteiger partial charge < -0.3 is 4.90 Å². The smallest absolute Gasteiger partial charge is 0.246 e. The molecule has 0 radical (unpaired) electrons. The molecule has 25 heavy (non-hydrogen) atoms. The zero-order valence-electron chi connectivity index (χ0n) is 13.4. The molecule has 4 heterocycles. The van der Waals surface area contributed by atoms with Crippen LogP contribution in [0.15, 0.2) is 35.4 Å². The van der Waals surface area contributed by atoms with E-state index in [0.717, 1.165) is 24.4 Å². The number of sulfonamides is 1. The first kappa shape index (κ1) is 16.3. The van der Waals surface area contributed by atoms with Crippen LogP contribution in [0.2, 0.25) is 0 Å². The second-order valence-electron chi connectivity index (χ2n) is 6.32. The van der Waals surface area contributed by atoms with E-state index in [0.29, 0.717) is 25.0 Å². The third-order valence-corrected chi connectivity index (χ3v) is 6.70. The van der Waals surface area contributed by atoms with Crippen LogP contribution in [0.1, 0.15) is 12.2 Å². The van der Waals surface area contributed by atoms with E-state index >= 15 is 0 Å². The maximum Gasteiger partial charge on any atom is 0.246 e. The van der Waals surface area contributed by atoms with Crippen LogP contribution in [0.5, 0.6) is 0 Å². The average molecular weight is 366 g/mol. The molecular weight excluding hydrogens is 350 g/mol. The molecule has 0 spiro atoms. The van der Waals surface area contributed by atoms with E-state index in [-0.39, 0.29) is 12.1 Å². The van der Waals surface area contributed by atoms with Gasteiger partial charge in [-0.3, -0.25) is 0 Å². The van der Waals surface area contributed by atoms with Gasteiger partial charge in [-0.05, 0) is 31.5 Å². The van der Waals surface area contributed by atoms with Crippen LogP contribution in [-0.4, -0.2) is 47.9 Å². The van der Waals surface area contributed by atoms with E-state index in [9.17, 15) is 17.2 Å².